The zero-order valence-electron chi connectivity index (χ0n) is 13.6. The fourth-order valence-electron chi connectivity index (χ4n) is 3.18. The Bertz CT molecular complexity index is 508. The molecule has 8 heteroatoms. The maximum Gasteiger partial charge on any atom is 0.315 e. The van der Waals surface area contributed by atoms with E-state index in [1.165, 1.54) is 0 Å². The number of hydrogen-bond donors (Lipinski definition) is 4. The molecule has 1 aromatic heterocycles. The number of rotatable bonds is 3. The SMILES string of the molecule is CC1NNC(C)C1NC(=O)NC1CCN(c2ncccn2)CC1. The van der Waals surface area contributed by atoms with Crippen LogP contribution in [0.3, 0.4) is 0 Å². The van der Waals surface area contributed by atoms with Crippen molar-refractivity contribution in [3.05, 3.63) is 18.5 Å². The van der Waals surface area contributed by atoms with Crippen molar-refractivity contribution in [1.82, 2.24) is 31.5 Å². The smallest absolute Gasteiger partial charge is 0.315 e. The highest BCUT2D eigenvalue weighted by Crippen LogP contribution is 2.15. The lowest BCUT2D eigenvalue weighted by Crippen LogP contribution is -2.54. The van der Waals surface area contributed by atoms with E-state index in [0.717, 1.165) is 31.9 Å². The number of urea groups is 1. The van der Waals surface area contributed by atoms with E-state index in [2.05, 4.69) is 50.2 Å². The van der Waals surface area contributed by atoms with Crippen LogP contribution in [0.2, 0.25) is 0 Å². The van der Waals surface area contributed by atoms with Crippen LogP contribution in [0, 0.1) is 0 Å². The fraction of sp³-hybridized carbons (Fsp3) is 0.667. The van der Waals surface area contributed by atoms with Gasteiger partial charge in [0.25, 0.3) is 0 Å². The fourth-order valence-corrected chi connectivity index (χ4v) is 3.18. The Morgan fingerprint density at radius 1 is 1.13 bits per heavy atom. The van der Waals surface area contributed by atoms with Gasteiger partial charge in [-0.25, -0.2) is 14.8 Å². The van der Waals surface area contributed by atoms with E-state index >= 15 is 0 Å². The third-order valence-electron chi connectivity index (χ3n) is 4.58. The average Bonchev–Trinajstić information content (AvgIpc) is 2.88. The molecule has 2 unspecified atom stereocenters. The number of hydrazine groups is 1. The molecule has 0 aromatic carbocycles. The van der Waals surface area contributed by atoms with Gasteiger partial charge in [-0.2, -0.15) is 0 Å². The highest BCUT2D eigenvalue weighted by Gasteiger charge is 2.31. The minimum absolute atomic E-state index is 0.0892. The summed E-state index contributed by atoms with van der Waals surface area (Å²) in [7, 11) is 0. The number of hydrogen-bond acceptors (Lipinski definition) is 6. The normalized spacial score (nSPS) is 28.6. The molecule has 126 valence electrons. The van der Waals surface area contributed by atoms with E-state index < -0.39 is 0 Å². The predicted molar refractivity (Wildman–Crippen MR) is 87.9 cm³/mol. The number of aromatic nitrogens is 2. The van der Waals surface area contributed by atoms with Crippen LogP contribution < -0.4 is 26.4 Å². The molecule has 2 saturated heterocycles. The molecule has 2 fully saturated rings. The van der Waals surface area contributed by atoms with Crippen molar-refractivity contribution in [2.75, 3.05) is 18.0 Å². The van der Waals surface area contributed by atoms with E-state index in [4.69, 9.17) is 0 Å². The minimum atomic E-state index is -0.0892. The first-order chi connectivity index (χ1) is 11.1. The number of nitrogens with zero attached hydrogens (tertiary/aromatic N) is 3. The minimum Gasteiger partial charge on any atom is -0.341 e. The molecule has 3 heterocycles. The van der Waals surface area contributed by atoms with Crippen LogP contribution >= 0.6 is 0 Å². The molecule has 0 spiro atoms. The monoisotopic (exact) mass is 319 g/mol. The van der Waals surface area contributed by atoms with E-state index in [9.17, 15) is 4.79 Å². The molecule has 0 saturated carbocycles. The number of piperidine rings is 1. The first-order valence-electron chi connectivity index (χ1n) is 8.23. The van der Waals surface area contributed by atoms with Gasteiger partial charge >= 0.3 is 6.03 Å². The van der Waals surface area contributed by atoms with Gasteiger partial charge in [0.1, 0.15) is 0 Å². The zero-order chi connectivity index (χ0) is 16.2. The van der Waals surface area contributed by atoms with E-state index in [1.807, 2.05) is 6.07 Å². The van der Waals surface area contributed by atoms with Gasteiger partial charge in [0.2, 0.25) is 5.95 Å². The van der Waals surface area contributed by atoms with Crippen molar-refractivity contribution < 1.29 is 4.79 Å². The van der Waals surface area contributed by atoms with Gasteiger partial charge in [-0.15, -0.1) is 0 Å². The van der Waals surface area contributed by atoms with Gasteiger partial charge in [0, 0.05) is 43.6 Å². The molecule has 4 N–H and O–H groups in total. The molecule has 2 aliphatic rings. The number of carbonyl (C=O) groups is 1. The summed E-state index contributed by atoms with van der Waals surface area (Å²) in [5, 5.41) is 6.14. The summed E-state index contributed by atoms with van der Waals surface area (Å²) in [6.45, 7) is 5.82. The van der Waals surface area contributed by atoms with Gasteiger partial charge in [-0.1, -0.05) is 0 Å². The summed E-state index contributed by atoms with van der Waals surface area (Å²) < 4.78 is 0. The van der Waals surface area contributed by atoms with Crippen LogP contribution in [0.25, 0.3) is 0 Å². The van der Waals surface area contributed by atoms with Gasteiger partial charge in [0.15, 0.2) is 0 Å². The van der Waals surface area contributed by atoms with Gasteiger partial charge < -0.3 is 15.5 Å². The zero-order valence-corrected chi connectivity index (χ0v) is 13.6. The molecule has 23 heavy (non-hydrogen) atoms. The van der Waals surface area contributed by atoms with Gasteiger partial charge in [-0.05, 0) is 32.8 Å². The third-order valence-corrected chi connectivity index (χ3v) is 4.58. The van der Waals surface area contributed by atoms with Crippen molar-refractivity contribution in [2.45, 2.75) is 50.9 Å². The number of amides is 2. The summed E-state index contributed by atoms with van der Waals surface area (Å²) in [6.07, 6.45) is 5.31. The Labute approximate surface area is 136 Å². The Morgan fingerprint density at radius 3 is 2.35 bits per heavy atom. The van der Waals surface area contributed by atoms with E-state index in [0.29, 0.717) is 0 Å². The van der Waals surface area contributed by atoms with E-state index in [-0.39, 0.29) is 30.2 Å². The van der Waals surface area contributed by atoms with Crippen LogP contribution in [0.15, 0.2) is 18.5 Å². The summed E-state index contributed by atoms with van der Waals surface area (Å²) in [4.78, 5) is 22.9. The van der Waals surface area contributed by atoms with Crippen LogP contribution in [0.4, 0.5) is 10.7 Å². The summed E-state index contributed by atoms with van der Waals surface area (Å²) in [5.41, 5.74) is 6.28. The second-order valence-electron chi connectivity index (χ2n) is 6.32. The summed E-state index contributed by atoms with van der Waals surface area (Å²) >= 11 is 0. The number of anilines is 1. The molecule has 0 radical (unpaired) electrons. The molecular weight excluding hydrogens is 294 g/mol. The van der Waals surface area contributed by atoms with Crippen molar-refractivity contribution in [1.29, 1.82) is 0 Å². The first-order valence-corrected chi connectivity index (χ1v) is 8.23. The second kappa shape index (κ2) is 7.10. The number of carbonyl (C=O) groups excluding carboxylic acids is 1. The van der Waals surface area contributed by atoms with Crippen molar-refractivity contribution in [3.63, 3.8) is 0 Å². The van der Waals surface area contributed by atoms with Crippen LogP contribution in [0.1, 0.15) is 26.7 Å². The Morgan fingerprint density at radius 2 is 1.74 bits per heavy atom. The third kappa shape index (κ3) is 3.89. The highest BCUT2D eigenvalue weighted by atomic mass is 16.2. The maximum atomic E-state index is 12.2. The van der Waals surface area contributed by atoms with Gasteiger partial charge in [-0.3, -0.25) is 10.9 Å². The first kappa shape index (κ1) is 15.9. The topological polar surface area (TPSA) is 94.2 Å². The largest absolute Gasteiger partial charge is 0.341 e. The van der Waals surface area contributed by atoms with Gasteiger partial charge in [0.05, 0.1) is 6.04 Å². The van der Waals surface area contributed by atoms with Crippen LogP contribution in [0.5, 0.6) is 0 Å². The molecule has 2 atom stereocenters. The summed E-state index contributed by atoms with van der Waals surface area (Å²) in [6, 6.07) is 2.45. The quantitative estimate of drug-likeness (QED) is 0.626. The molecule has 3 rings (SSSR count). The second-order valence-corrected chi connectivity index (χ2v) is 6.32. The Hall–Kier alpha value is -1.93. The lowest BCUT2D eigenvalue weighted by atomic mass is 10.0. The standard InChI is InChI=1S/C15H25N7O/c1-10-13(11(2)21-20-10)19-15(23)18-12-4-8-22(9-5-12)14-16-6-3-7-17-14/h3,6-7,10-13,20-21H,4-5,8-9H2,1-2H3,(H2,18,19,23). The maximum absolute atomic E-state index is 12.2. The highest BCUT2D eigenvalue weighted by molar-refractivity contribution is 5.74. The molecule has 0 aliphatic carbocycles. The van der Waals surface area contributed by atoms with Crippen molar-refractivity contribution in [3.8, 4) is 0 Å². The predicted octanol–water partition coefficient (Wildman–Crippen LogP) is -0.00200. The van der Waals surface area contributed by atoms with Crippen molar-refractivity contribution in [2.24, 2.45) is 0 Å². The molecular formula is C15H25N7O. The van der Waals surface area contributed by atoms with E-state index in [1.54, 1.807) is 12.4 Å². The molecule has 2 aliphatic heterocycles. The average molecular weight is 319 g/mol. The Kier molecular flexibility index (Phi) is 4.92. The molecule has 0 bridgehead atoms. The van der Waals surface area contributed by atoms with Crippen LogP contribution in [-0.2, 0) is 0 Å². The summed E-state index contributed by atoms with van der Waals surface area (Å²) in [5.74, 6) is 0.765. The molecule has 2 amide bonds. The number of nitrogens with one attached hydrogen (secondary N) is 4. The lowest BCUT2D eigenvalue weighted by Gasteiger charge is -2.32. The van der Waals surface area contributed by atoms with Crippen molar-refractivity contribution >= 4 is 12.0 Å². The Balaban J connectivity index is 1.44. The molecule has 8 nitrogen and oxygen atoms in total. The lowest BCUT2D eigenvalue weighted by molar-refractivity contribution is 0.228. The molecule has 1 aromatic rings. The van der Waals surface area contributed by atoms with Crippen LogP contribution in [-0.4, -0.2) is 53.3 Å².